The number of esters is 1. The zero-order valence-electron chi connectivity index (χ0n) is 19.6. The summed E-state index contributed by atoms with van der Waals surface area (Å²) in [4.78, 5) is 27.4. The molecule has 0 aliphatic carbocycles. The molecule has 1 saturated heterocycles. The molecule has 34 heavy (non-hydrogen) atoms. The smallest absolute Gasteiger partial charge is 0.309 e. The minimum Gasteiger partial charge on any atom is -0.507 e. The number of methoxy groups -OCH3 is 1. The number of hydrogen-bond acceptors (Lipinski definition) is 8. The Kier molecular flexibility index (Phi) is 7.07. The highest BCUT2D eigenvalue weighted by Gasteiger charge is 2.27. The number of ether oxygens (including phenoxy) is 3. The number of carbonyl (C=O) groups is 1. The molecule has 1 N–H and O–H groups in total. The molecule has 1 aliphatic heterocycles. The van der Waals surface area contributed by atoms with Crippen molar-refractivity contribution >= 4 is 16.9 Å². The predicted molar refractivity (Wildman–Crippen MR) is 127 cm³/mol. The maximum atomic E-state index is 13.3. The quantitative estimate of drug-likeness (QED) is 0.511. The van der Waals surface area contributed by atoms with E-state index in [0.717, 1.165) is 0 Å². The standard InChI is InChI=1S/C26H29NO7/c1-4-32-26(30)17-10-12-27(13-11-17)15-21-22(28)9-8-20-23(29)24(16(2)33-25(20)21)34-19-7-5-6-18(14-19)31-3/h5-9,14,17,28H,4,10-13,15H2,1-3H3. The first kappa shape index (κ1) is 23.6. The molecule has 0 amide bonds. The lowest BCUT2D eigenvalue weighted by Crippen LogP contribution is -2.36. The fraction of sp³-hybridized carbons (Fsp3) is 0.385. The fourth-order valence-corrected chi connectivity index (χ4v) is 4.26. The summed E-state index contributed by atoms with van der Waals surface area (Å²) in [5.41, 5.74) is 0.567. The summed E-state index contributed by atoms with van der Waals surface area (Å²) in [6.45, 7) is 5.61. The van der Waals surface area contributed by atoms with Gasteiger partial charge in [0.25, 0.3) is 0 Å². The summed E-state index contributed by atoms with van der Waals surface area (Å²) < 4.78 is 22.2. The van der Waals surface area contributed by atoms with Crippen molar-refractivity contribution in [1.29, 1.82) is 0 Å². The van der Waals surface area contributed by atoms with Crippen molar-refractivity contribution < 1.29 is 28.5 Å². The molecule has 0 atom stereocenters. The van der Waals surface area contributed by atoms with E-state index in [1.165, 1.54) is 6.07 Å². The third-order valence-corrected chi connectivity index (χ3v) is 6.11. The molecule has 2 heterocycles. The van der Waals surface area contributed by atoms with Gasteiger partial charge in [-0.3, -0.25) is 14.5 Å². The van der Waals surface area contributed by atoms with Gasteiger partial charge >= 0.3 is 5.97 Å². The Hall–Kier alpha value is -3.52. The lowest BCUT2D eigenvalue weighted by molar-refractivity contribution is -0.149. The Morgan fingerprint density at radius 1 is 1.18 bits per heavy atom. The predicted octanol–water partition coefficient (Wildman–Crippen LogP) is 4.38. The molecule has 3 aromatic rings. The number of fused-ring (bicyclic) bond motifs is 1. The van der Waals surface area contributed by atoms with Crippen LogP contribution in [-0.4, -0.2) is 42.8 Å². The van der Waals surface area contributed by atoms with E-state index < -0.39 is 0 Å². The van der Waals surface area contributed by atoms with Crippen LogP contribution >= 0.6 is 0 Å². The highest BCUT2D eigenvalue weighted by Crippen LogP contribution is 2.33. The van der Waals surface area contributed by atoms with Crippen LogP contribution in [0.2, 0.25) is 0 Å². The Morgan fingerprint density at radius 2 is 1.91 bits per heavy atom. The second-order valence-electron chi connectivity index (χ2n) is 8.34. The SMILES string of the molecule is CCOC(=O)C1CCN(Cc2c(O)ccc3c(=O)c(Oc4cccc(OC)c4)c(C)oc23)CC1. The Bertz CT molecular complexity index is 1240. The number of nitrogens with zero attached hydrogens (tertiary/aromatic N) is 1. The monoisotopic (exact) mass is 467 g/mol. The van der Waals surface area contributed by atoms with Crippen LogP contribution in [0, 0.1) is 12.8 Å². The lowest BCUT2D eigenvalue weighted by atomic mass is 9.96. The fourth-order valence-electron chi connectivity index (χ4n) is 4.26. The number of carbonyl (C=O) groups excluding carboxylic acids is 1. The summed E-state index contributed by atoms with van der Waals surface area (Å²) in [5, 5.41) is 10.9. The number of piperidine rings is 1. The summed E-state index contributed by atoms with van der Waals surface area (Å²) in [6.07, 6.45) is 1.37. The van der Waals surface area contributed by atoms with Gasteiger partial charge < -0.3 is 23.7 Å². The van der Waals surface area contributed by atoms with Gasteiger partial charge in [-0.1, -0.05) is 6.07 Å². The zero-order chi connectivity index (χ0) is 24.2. The topological polar surface area (TPSA) is 98.4 Å². The molecule has 1 aromatic heterocycles. The van der Waals surface area contributed by atoms with Gasteiger partial charge in [0.15, 0.2) is 0 Å². The number of phenolic OH excluding ortho intramolecular Hbond substituents is 1. The number of benzene rings is 2. The normalized spacial score (nSPS) is 14.8. The Labute approximate surface area is 197 Å². The first-order valence-corrected chi connectivity index (χ1v) is 11.4. The lowest BCUT2D eigenvalue weighted by Gasteiger charge is -2.31. The molecule has 4 rings (SSSR count). The summed E-state index contributed by atoms with van der Waals surface area (Å²) in [5.74, 6) is 1.27. The summed E-state index contributed by atoms with van der Waals surface area (Å²) >= 11 is 0. The molecular formula is C26H29NO7. The van der Waals surface area contributed by atoms with E-state index in [1.807, 2.05) is 0 Å². The minimum atomic E-state index is -0.316. The summed E-state index contributed by atoms with van der Waals surface area (Å²) in [6, 6.07) is 10.0. The largest absolute Gasteiger partial charge is 0.507 e. The van der Waals surface area contributed by atoms with Gasteiger partial charge in [0.05, 0.1) is 30.6 Å². The van der Waals surface area contributed by atoms with Crippen LogP contribution in [-0.2, 0) is 16.1 Å². The van der Waals surface area contributed by atoms with Gasteiger partial charge in [0, 0.05) is 12.6 Å². The summed E-state index contributed by atoms with van der Waals surface area (Å²) in [7, 11) is 1.56. The molecule has 0 saturated carbocycles. The Morgan fingerprint density at radius 3 is 2.62 bits per heavy atom. The van der Waals surface area contributed by atoms with Crippen molar-refractivity contribution in [3.63, 3.8) is 0 Å². The van der Waals surface area contributed by atoms with Gasteiger partial charge in [-0.2, -0.15) is 0 Å². The second kappa shape index (κ2) is 10.2. The molecule has 0 bridgehead atoms. The molecule has 0 radical (unpaired) electrons. The van der Waals surface area contributed by atoms with Crippen molar-refractivity contribution in [2.45, 2.75) is 33.2 Å². The van der Waals surface area contributed by atoms with Gasteiger partial charge in [-0.05, 0) is 64.0 Å². The van der Waals surface area contributed by atoms with Gasteiger partial charge in [-0.25, -0.2) is 0 Å². The van der Waals surface area contributed by atoms with E-state index in [0.29, 0.717) is 72.9 Å². The third-order valence-electron chi connectivity index (χ3n) is 6.11. The van der Waals surface area contributed by atoms with Crippen LogP contribution in [0.5, 0.6) is 23.0 Å². The number of likely N-dealkylation sites (tertiary alicyclic amines) is 1. The van der Waals surface area contributed by atoms with E-state index in [4.69, 9.17) is 18.6 Å². The van der Waals surface area contributed by atoms with Crippen LogP contribution in [0.3, 0.4) is 0 Å². The maximum absolute atomic E-state index is 13.3. The van der Waals surface area contributed by atoms with Crippen LogP contribution in [0.15, 0.2) is 45.6 Å². The van der Waals surface area contributed by atoms with Crippen molar-refractivity contribution in [3.8, 4) is 23.0 Å². The van der Waals surface area contributed by atoms with Crippen molar-refractivity contribution in [3.05, 3.63) is 57.9 Å². The van der Waals surface area contributed by atoms with Gasteiger partial charge in [0.2, 0.25) is 11.2 Å². The highest BCUT2D eigenvalue weighted by molar-refractivity contribution is 5.83. The molecule has 0 unspecified atom stereocenters. The van der Waals surface area contributed by atoms with Gasteiger partial charge in [-0.15, -0.1) is 0 Å². The first-order chi connectivity index (χ1) is 16.4. The van der Waals surface area contributed by atoms with Crippen molar-refractivity contribution in [2.75, 3.05) is 26.8 Å². The number of rotatable bonds is 7. The molecule has 8 heteroatoms. The number of aromatic hydroxyl groups is 1. The van der Waals surface area contributed by atoms with E-state index >= 15 is 0 Å². The van der Waals surface area contributed by atoms with Gasteiger partial charge in [0.1, 0.15) is 28.6 Å². The number of phenols is 1. The van der Waals surface area contributed by atoms with E-state index in [2.05, 4.69) is 4.90 Å². The number of aryl methyl sites for hydroxylation is 1. The van der Waals surface area contributed by atoms with Crippen molar-refractivity contribution in [2.24, 2.45) is 5.92 Å². The zero-order valence-corrected chi connectivity index (χ0v) is 19.6. The molecule has 0 spiro atoms. The van der Waals surface area contributed by atoms with Crippen LogP contribution < -0.4 is 14.9 Å². The van der Waals surface area contributed by atoms with E-state index in [9.17, 15) is 14.7 Å². The molecule has 1 fully saturated rings. The molecular weight excluding hydrogens is 438 g/mol. The average molecular weight is 468 g/mol. The third kappa shape index (κ3) is 4.87. The molecule has 8 nitrogen and oxygen atoms in total. The molecule has 2 aromatic carbocycles. The second-order valence-corrected chi connectivity index (χ2v) is 8.34. The maximum Gasteiger partial charge on any atom is 0.309 e. The highest BCUT2D eigenvalue weighted by atomic mass is 16.5. The van der Waals surface area contributed by atoms with Crippen LogP contribution in [0.1, 0.15) is 31.1 Å². The Balaban J connectivity index is 1.60. The minimum absolute atomic E-state index is 0.0593. The number of hydrogen-bond donors (Lipinski definition) is 1. The molecule has 1 aliphatic rings. The van der Waals surface area contributed by atoms with Crippen LogP contribution in [0.4, 0.5) is 0 Å². The van der Waals surface area contributed by atoms with E-state index in [-0.39, 0.29) is 28.8 Å². The van der Waals surface area contributed by atoms with Crippen molar-refractivity contribution in [1.82, 2.24) is 4.90 Å². The van der Waals surface area contributed by atoms with E-state index in [1.54, 1.807) is 51.3 Å². The molecule has 180 valence electrons. The first-order valence-electron chi connectivity index (χ1n) is 11.4. The average Bonchev–Trinajstić information content (AvgIpc) is 2.84. The van der Waals surface area contributed by atoms with Crippen LogP contribution in [0.25, 0.3) is 11.0 Å².